The molecule has 0 saturated carbocycles. The fourth-order valence-electron chi connectivity index (χ4n) is 5.90. The summed E-state index contributed by atoms with van der Waals surface area (Å²) in [5, 5.41) is 0. The SMILES string of the molecule is COC(=O)c1ccc(/C=C/c2cc3c(cc2C)C(C)(C)[C@@H]2CC(C)(C)COC2C3(C)C)cc1. The average Bonchev–Trinajstić information content (AvgIpc) is 2.76. The normalized spacial score (nSPS) is 24.7. The molecule has 2 aliphatic rings. The highest BCUT2D eigenvalue weighted by Crippen LogP contribution is 2.56. The minimum Gasteiger partial charge on any atom is -0.465 e. The first-order valence-corrected chi connectivity index (χ1v) is 12.0. The zero-order valence-corrected chi connectivity index (χ0v) is 21.4. The summed E-state index contributed by atoms with van der Waals surface area (Å²) >= 11 is 0. The number of esters is 1. The van der Waals surface area contributed by atoms with Gasteiger partial charge < -0.3 is 9.47 Å². The first-order chi connectivity index (χ1) is 15.4. The summed E-state index contributed by atoms with van der Waals surface area (Å²) in [6.45, 7) is 17.2. The second-order valence-electron chi connectivity index (χ2n) is 11.9. The molecule has 3 heteroatoms. The highest BCUT2D eigenvalue weighted by molar-refractivity contribution is 5.89. The van der Waals surface area contributed by atoms with Crippen LogP contribution in [0.5, 0.6) is 0 Å². The highest BCUT2D eigenvalue weighted by Gasteiger charge is 2.55. The number of carbonyl (C=O) groups excluding carboxylic acids is 1. The Hall–Kier alpha value is -2.39. The molecular weight excluding hydrogens is 408 g/mol. The molecule has 2 aromatic rings. The van der Waals surface area contributed by atoms with Gasteiger partial charge in [0.2, 0.25) is 0 Å². The molecule has 1 fully saturated rings. The lowest BCUT2D eigenvalue weighted by atomic mass is 9.52. The van der Waals surface area contributed by atoms with Crippen molar-refractivity contribution in [3.63, 3.8) is 0 Å². The van der Waals surface area contributed by atoms with Gasteiger partial charge in [0.15, 0.2) is 0 Å². The Morgan fingerprint density at radius 1 is 0.970 bits per heavy atom. The standard InChI is InChI=1S/C30H38O3/c1-19-15-23-24(16-22(19)14-11-20-9-12-21(13-10-20)27(31)32-8)30(6,7)26-25(29(23,4)5)17-28(2,3)18-33-26/h9-16,25-26H,17-18H2,1-8H3/b14-11+/t25-,26?/m1/s1. The second-order valence-corrected chi connectivity index (χ2v) is 11.9. The molecule has 176 valence electrons. The van der Waals surface area contributed by atoms with E-state index in [4.69, 9.17) is 9.47 Å². The third kappa shape index (κ3) is 4.17. The van der Waals surface area contributed by atoms with Gasteiger partial charge in [-0.25, -0.2) is 4.79 Å². The number of carbonyl (C=O) groups is 1. The summed E-state index contributed by atoms with van der Waals surface area (Å²) in [5.74, 6) is 0.186. The maximum atomic E-state index is 11.7. The fraction of sp³-hybridized carbons (Fsp3) is 0.500. The zero-order chi connectivity index (χ0) is 24.2. The number of hydrogen-bond donors (Lipinski definition) is 0. The van der Waals surface area contributed by atoms with Crippen LogP contribution in [0, 0.1) is 18.3 Å². The summed E-state index contributed by atoms with van der Waals surface area (Å²) in [6.07, 6.45) is 5.70. The van der Waals surface area contributed by atoms with Crippen molar-refractivity contribution >= 4 is 18.1 Å². The molecule has 0 spiro atoms. The Bertz CT molecular complexity index is 1090. The molecule has 1 aliphatic heterocycles. The van der Waals surface area contributed by atoms with Gasteiger partial charge in [-0.3, -0.25) is 0 Å². The van der Waals surface area contributed by atoms with E-state index < -0.39 is 0 Å². The maximum absolute atomic E-state index is 11.7. The quantitative estimate of drug-likeness (QED) is 0.378. The molecule has 0 aromatic heterocycles. The molecule has 0 radical (unpaired) electrons. The number of hydrogen-bond acceptors (Lipinski definition) is 3. The van der Waals surface area contributed by atoms with E-state index in [0.717, 1.165) is 12.2 Å². The van der Waals surface area contributed by atoms with Gasteiger partial charge in [0.25, 0.3) is 0 Å². The number of methoxy groups -OCH3 is 1. The van der Waals surface area contributed by atoms with Gasteiger partial charge in [0.05, 0.1) is 25.4 Å². The van der Waals surface area contributed by atoms with E-state index in [1.54, 1.807) is 12.1 Å². The number of fused-ring (bicyclic) bond motifs is 2. The maximum Gasteiger partial charge on any atom is 0.337 e. The Morgan fingerprint density at radius 2 is 1.61 bits per heavy atom. The minimum atomic E-state index is -0.312. The highest BCUT2D eigenvalue weighted by atomic mass is 16.5. The largest absolute Gasteiger partial charge is 0.465 e. The molecule has 0 amide bonds. The Morgan fingerprint density at radius 3 is 2.24 bits per heavy atom. The number of ether oxygens (including phenoxy) is 2. The predicted octanol–water partition coefficient (Wildman–Crippen LogP) is 6.95. The van der Waals surface area contributed by atoms with Crippen molar-refractivity contribution in [2.75, 3.05) is 13.7 Å². The van der Waals surface area contributed by atoms with Gasteiger partial charge >= 0.3 is 5.97 Å². The second kappa shape index (κ2) is 8.13. The van der Waals surface area contributed by atoms with Crippen LogP contribution in [-0.4, -0.2) is 25.8 Å². The third-order valence-electron chi connectivity index (χ3n) is 8.01. The topological polar surface area (TPSA) is 35.5 Å². The van der Waals surface area contributed by atoms with Gasteiger partial charge in [-0.1, -0.05) is 78.0 Å². The molecular formula is C30H38O3. The van der Waals surface area contributed by atoms with Crippen LogP contribution in [0.25, 0.3) is 12.2 Å². The van der Waals surface area contributed by atoms with Crippen LogP contribution >= 0.6 is 0 Å². The summed E-state index contributed by atoms with van der Waals surface area (Å²) in [6, 6.07) is 12.3. The van der Waals surface area contributed by atoms with Gasteiger partial charge in [-0.15, -0.1) is 0 Å². The molecule has 1 saturated heterocycles. The van der Waals surface area contributed by atoms with E-state index in [9.17, 15) is 4.79 Å². The van der Waals surface area contributed by atoms with Crippen LogP contribution < -0.4 is 0 Å². The van der Waals surface area contributed by atoms with E-state index >= 15 is 0 Å². The summed E-state index contributed by atoms with van der Waals surface area (Å²) in [4.78, 5) is 11.7. The Kier molecular flexibility index (Phi) is 5.85. The van der Waals surface area contributed by atoms with Crippen LogP contribution in [0.1, 0.15) is 86.1 Å². The lowest BCUT2D eigenvalue weighted by molar-refractivity contribution is -0.140. The lowest BCUT2D eigenvalue weighted by Gasteiger charge is -2.57. The van der Waals surface area contributed by atoms with Crippen LogP contribution in [0.15, 0.2) is 36.4 Å². The van der Waals surface area contributed by atoms with E-state index in [2.05, 4.69) is 72.8 Å². The van der Waals surface area contributed by atoms with Crippen LogP contribution in [0.4, 0.5) is 0 Å². The predicted molar refractivity (Wildman–Crippen MR) is 136 cm³/mol. The van der Waals surface area contributed by atoms with Gasteiger partial charge in [0, 0.05) is 5.41 Å². The summed E-state index contributed by atoms with van der Waals surface area (Å²) < 4.78 is 11.4. The Balaban J connectivity index is 1.71. The molecule has 0 N–H and O–H groups in total. The first kappa shape index (κ1) is 23.8. The molecule has 1 unspecified atom stereocenters. The molecule has 4 rings (SSSR count). The Labute approximate surface area is 199 Å². The molecule has 1 heterocycles. The monoisotopic (exact) mass is 446 g/mol. The molecule has 2 aromatic carbocycles. The van der Waals surface area contributed by atoms with Crippen LogP contribution in [-0.2, 0) is 20.3 Å². The summed E-state index contributed by atoms with van der Waals surface area (Å²) in [7, 11) is 1.40. The van der Waals surface area contributed by atoms with Crippen molar-refractivity contribution in [2.45, 2.75) is 71.8 Å². The molecule has 1 aliphatic carbocycles. The van der Waals surface area contributed by atoms with Crippen molar-refractivity contribution in [1.82, 2.24) is 0 Å². The van der Waals surface area contributed by atoms with Crippen LogP contribution in [0.2, 0.25) is 0 Å². The number of rotatable bonds is 3. The van der Waals surface area contributed by atoms with E-state index in [1.165, 1.54) is 35.8 Å². The minimum absolute atomic E-state index is 0.0511. The van der Waals surface area contributed by atoms with Gasteiger partial charge in [-0.05, 0) is 70.0 Å². The fourth-order valence-corrected chi connectivity index (χ4v) is 5.90. The van der Waals surface area contributed by atoms with Crippen molar-refractivity contribution in [1.29, 1.82) is 0 Å². The smallest absolute Gasteiger partial charge is 0.337 e. The van der Waals surface area contributed by atoms with Crippen molar-refractivity contribution in [2.24, 2.45) is 11.3 Å². The van der Waals surface area contributed by atoms with Gasteiger partial charge in [0.1, 0.15) is 0 Å². The molecule has 33 heavy (non-hydrogen) atoms. The molecule has 3 nitrogen and oxygen atoms in total. The van der Waals surface area contributed by atoms with E-state index in [-0.39, 0.29) is 28.3 Å². The zero-order valence-electron chi connectivity index (χ0n) is 21.4. The lowest BCUT2D eigenvalue weighted by Crippen LogP contribution is -2.58. The van der Waals surface area contributed by atoms with Crippen LogP contribution in [0.3, 0.4) is 0 Å². The summed E-state index contributed by atoms with van der Waals surface area (Å²) in [5.41, 5.74) is 7.22. The average molecular weight is 447 g/mol. The first-order valence-electron chi connectivity index (χ1n) is 12.0. The van der Waals surface area contributed by atoms with Crippen molar-refractivity contribution < 1.29 is 14.3 Å². The number of aryl methyl sites for hydroxylation is 1. The van der Waals surface area contributed by atoms with E-state index in [1.807, 2.05) is 12.1 Å². The molecule has 2 atom stereocenters. The van der Waals surface area contributed by atoms with E-state index in [0.29, 0.717) is 11.5 Å². The van der Waals surface area contributed by atoms with Crippen molar-refractivity contribution in [3.05, 3.63) is 69.8 Å². The molecule has 0 bridgehead atoms. The van der Waals surface area contributed by atoms with Crippen molar-refractivity contribution in [3.8, 4) is 0 Å². The third-order valence-corrected chi connectivity index (χ3v) is 8.01. The number of benzene rings is 2. The van der Waals surface area contributed by atoms with Gasteiger partial charge in [-0.2, -0.15) is 0 Å².